The summed E-state index contributed by atoms with van der Waals surface area (Å²) in [6, 6.07) is 19.9. The SMILES string of the molecule is COc1ccccc1Oc1cccc(CC(NC(=O)Cc2cccs2)C2CCNCC2)c1. The van der Waals surface area contributed by atoms with Crippen LogP contribution in [0.3, 0.4) is 0 Å². The largest absolute Gasteiger partial charge is 0.493 e. The molecule has 5 nitrogen and oxygen atoms in total. The highest BCUT2D eigenvalue weighted by molar-refractivity contribution is 7.10. The zero-order valence-electron chi connectivity index (χ0n) is 18.4. The molecule has 1 atom stereocenters. The summed E-state index contributed by atoms with van der Waals surface area (Å²) >= 11 is 1.63. The third kappa shape index (κ3) is 6.11. The number of para-hydroxylation sites is 2. The molecule has 1 aliphatic heterocycles. The van der Waals surface area contributed by atoms with Gasteiger partial charge in [0.1, 0.15) is 5.75 Å². The van der Waals surface area contributed by atoms with Crippen LogP contribution in [0.2, 0.25) is 0 Å². The van der Waals surface area contributed by atoms with Gasteiger partial charge in [0.05, 0.1) is 13.5 Å². The predicted molar refractivity (Wildman–Crippen MR) is 129 cm³/mol. The van der Waals surface area contributed by atoms with E-state index in [4.69, 9.17) is 9.47 Å². The molecule has 6 heteroatoms. The molecule has 1 aliphatic rings. The first-order valence-corrected chi connectivity index (χ1v) is 12.0. The molecule has 168 valence electrons. The summed E-state index contributed by atoms with van der Waals surface area (Å²) in [6.45, 7) is 2.00. The summed E-state index contributed by atoms with van der Waals surface area (Å²) in [5, 5.41) is 8.78. The van der Waals surface area contributed by atoms with Gasteiger partial charge in [0, 0.05) is 10.9 Å². The van der Waals surface area contributed by atoms with E-state index >= 15 is 0 Å². The summed E-state index contributed by atoms with van der Waals surface area (Å²) in [7, 11) is 1.64. The van der Waals surface area contributed by atoms with Crippen molar-refractivity contribution in [1.82, 2.24) is 10.6 Å². The molecule has 32 heavy (non-hydrogen) atoms. The molecule has 0 bridgehead atoms. The standard InChI is InChI=1S/C26H30N2O3S/c1-30-24-9-2-3-10-25(24)31-21-7-4-6-19(16-21)17-23(20-11-13-27-14-12-20)28-26(29)18-22-8-5-15-32-22/h2-10,15-16,20,23,27H,11-14,17-18H2,1H3,(H,28,29). The minimum absolute atomic E-state index is 0.0948. The van der Waals surface area contributed by atoms with E-state index in [-0.39, 0.29) is 11.9 Å². The molecule has 3 aromatic rings. The molecule has 1 fully saturated rings. The average molecular weight is 451 g/mol. The number of hydrogen-bond donors (Lipinski definition) is 2. The third-order valence-corrected chi connectivity index (χ3v) is 6.74. The van der Waals surface area contributed by atoms with Crippen molar-refractivity contribution in [2.45, 2.75) is 31.7 Å². The molecule has 2 N–H and O–H groups in total. The molecular formula is C26H30N2O3S. The van der Waals surface area contributed by atoms with Crippen molar-refractivity contribution in [3.63, 3.8) is 0 Å². The van der Waals surface area contributed by atoms with Gasteiger partial charge >= 0.3 is 0 Å². The van der Waals surface area contributed by atoms with Crippen LogP contribution in [0, 0.1) is 5.92 Å². The number of thiophene rings is 1. The highest BCUT2D eigenvalue weighted by atomic mass is 32.1. The second kappa shape index (κ2) is 11.2. The molecule has 1 amide bonds. The van der Waals surface area contributed by atoms with Crippen LogP contribution in [-0.4, -0.2) is 32.1 Å². The highest BCUT2D eigenvalue weighted by Crippen LogP contribution is 2.31. The van der Waals surface area contributed by atoms with E-state index in [1.807, 2.05) is 53.9 Å². The number of methoxy groups -OCH3 is 1. The van der Waals surface area contributed by atoms with E-state index in [9.17, 15) is 4.79 Å². The van der Waals surface area contributed by atoms with Gasteiger partial charge in [-0.2, -0.15) is 0 Å². The average Bonchev–Trinajstić information content (AvgIpc) is 3.33. The fourth-order valence-electron chi connectivity index (χ4n) is 4.23. The topological polar surface area (TPSA) is 59.6 Å². The van der Waals surface area contributed by atoms with Crippen LogP contribution in [0.25, 0.3) is 0 Å². The van der Waals surface area contributed by atoms with Crippen molar-refractivity contribution >= 4 is 17.2 Å². The Balaban J connectivity index is 1.47. The molecule has 1 aromatic heterocycles. The van der Waals surface area contributed by atoms with Crippen LogP contribution in [0.15, 0.2) is 66.0 Å². The van der Waals surface area contributed by atoms with Crippen LogP contribution in [0.5, 0.6) is 17.2 Å². The first-order chi connectivity index (χ1) is 15.7. The van der Waals surface area contributed by atoms with Crippen molar-refractivity contribution < 1.29 is 14.3 Å². The first kappa shape index (κ1) is 22.4. The van der Waals surface area contributed by atoms with Gasteiger partial charge in [-0.25, -0.2) is 0 Å². The molecular weight excluding hydrogens is 420 g/mol. The quantitative estimate of drug-likeness (QED) is 0.491. The Morgan fingerprint density at radius 2 is 1.91 bits per heavy atom. The fourth-order valence-corrected chi connectivity index (χ4v) is 4.93. The number of hydrogen-bond acceptors (Lipinski definition) is 5. The third-order valence-electron chi connectivity index (χ3n) is 5.87. The lowest BCUT2D eigenvalue weighted by molar-refractivity contribution is -0.121. The Hall–Kier alpha value is -2.83. The lowest BCUT2D eigenvalue weighted by Crippen LogP contribution is -2.46. The number of carbonyl (C=O) groups excluding carboxylic acids is 1. The van der Waals surface area contributed by atoms with Crippen LogP contribution in [0.4, 0.5) is 0 Å². The van der Waals surface area contributed by atoms with E-state index in [1.165, 1.54) is 0 Å². The number of piperidine rings is 1. The van der Waals surface area contributed by atoms with E-state index in [2.05, 4.69) is 22.8 Å². The molecule has 0 saturated carbocycles. The summed E-state index contributed by atoms with van der Waals surface area (Å²) in [5.74, 6) is 2.71. The number of carbonyl (C=O) groups is 1. The molecule has 4 rings (SSSR count). The van der Waals surface area contributed by atoms with Crippen LogP contribution in [0.1, 0.15) is 23.3 Å². The molecule has 2 aromatic carbocycles. The molecule has 0 aliphatic carbocycles. The van der Waals surface area contributed by atoms with Crippen molar-refractivity contribution in [2.75, 3.05) is 20.2 Å². The Labute approximate surface area is 193 Å². The van der Waals surface area contributed by atoms with Crippen molar-refractivity contribution in [3.8, 4) is 17.2 Å². The Morgan fingerprint density at radius 3 is 2.66 bits per heavy atom. The molecule has 1 unspecified atom stereocenters. The van der Waals surface area contributed by atoms with Gasteiger partial charge in [0.2, 0.25) is 5.91 Å². The minimum Gasteiger partial charge on any atom is -0.493 e. The summed E-state index contributed by atoms with van der Waals surface area (Å²) < 4.78 is 11.5. The summed E-state index contributed by atoms with van der Waals surface area (Å²) in [6.07, 6.45) is 3.36. The molecule has 1 saturated heterocycles. The monoisotopic (exact) mass is 450 g/mol. The smallest absolute Gasteiger partial charge is 0.225 e. The minimum atomic E-state index is 0.0948. The lowest BCUT2D eigenvalue weighted by atomic mass is 9.86. The van der Waals surface area contributed by atoms with Crippen molar-refractivity contribution in [1.29, 1.82) is 0 Å². The van der Waals surface area contributed by atoms with Gasteiger partial charge in [-0.1, -0.05) is 30.3 Å². The molecule has 0 spiro atoms. The van der Waals surface area contributed by atoms with E-state index in [0.29, 0.717) is 23.8 Å². The summed E-state index contributed by atoms with van der Waals surface area (Å²) in [4.78, 5) is 13.9. The molecule has 2 heterocycles. The van der Waals surface area contributed by atoms with Crippen LogP contribution < -0.4 is 20.1 Å². The Bertz CT molecular complexity index is 1000. The second-order valence-corrected chi connectivity index (χ2v) is 9.15. The van der Waals surface area contributed by atoms with Gasteiger partial charge in [0.25, 0.3) is 0 Å². The Kier molecular flexibility index (Phi) is 7.80. The number of nitrogens with one attached hydrogen (secondary N) is 2. The van der Waals surface area contributed by atoms with E-state index < -0.39 is 0 Å². The van der Waals surface area contributed by atoms with Crippen LogP contribution in [-0.2, 0) is 17.6 Å². The number of benzene rings is 2. The maximum absolute atomic E-state index is 12.8. The normalized spacial score (nSPS) is 15.2. The zero-order chi connectivity index (χ0) is 22.2. The van der Waals surface area contributed by atoms with Gasteiger partial charge in [-0.3, -0.25) is 4.79 Å². The van der Waals surface area contributed by atoms with E-state index in [0.717, 1.165) is 48.5 Å². The zero-order valence-corrected chi connectivity index (χ0v) is 19.2. The van der Waals surface area contributed by atoms with E-state index in [1.54, 1.807) is 18.4 Å². The van der Waals surface area contributed by atoms with Gasteiger partial charge in [-0.05, 0) is 79.5 Å². The number of ether oxygens (including phenoxy) is 2. The van der Waals surface area contributed by atoms with Gasteiger partial charge < -0.3 is 20.1 Å². The highest BCUT2D eigenvalue weighted by Gasteiger charge is 2.25. The first-order valence-electron chi connectivity index (χ1n) is 11.1. The van der Waals surface area contributed by atoms with Gasteiger partial charge in [-0.15, -0.1) is 11.3 Å². The maximum atomic E-state index is 12.8. The predicted octanol–water partition coefficient (Wildman–Crippen LogP) is 4.82. The van der Waals surface area contributed by atoms with Crippen molar-refractivity contribution in [3.05, 3.63) is 76.5 Å². The summed E-state index contributed by atoms with van der Waals surface area (Å²) in [5.41, 5.74) is 1.15. The van der Waals surface area contributed by atoms with Crippen molar-refractivity contribution in [2.24, 2.45) is 5.92 Å². The number of rotatable bonds is 9. The molecule has 0 radical (unpaired) electrons. The second-order valence-electron chi connectivity index (χ2n) is 8.12. The number of amides is 1. The van der Waals surface area contributed by atoms with Gasteiger partial charge in [0.15, 0.2) is 11.5 Å². The van der Waals surface area contributed by atoms with Crippen LogP contribution >= 0.6 is 11.3 Å². The Morgan fingerprint density at radius 1 is 1.09 bits per heavy atom. The fraction of sp³-hybridized carbons (Fsp3) is 0.346. The maximum Gasteiger partial charge on any atom is 0.225 e. The lowest BCUT2D eigenvalue weighted by Gasteiger charge is -2.31.